The Morgan fingerprint density at radius 3 is 1.62 bits per heavy atom. The highest BCUT2D eigenvalue weighted by Crippen LogP contribution is 2.23. The van der Waals surface area contributed by atoms with Gasteiger partial charge in [0.2, 0.25) is 0 Å². The zero-order valence-corrected chi connectivity index (χ0v) is 29.2. The lowest BCUT2D eigenvalue weighted by Gasteiger charge is -2.11. The highest BCUT2D eigenvalue weighted by Gasteiger charge is 2.11. The van der Waals surface area contributed by atoms with E-state index >= 15 is 0 Å². The molecule has 4 rings (SSSR count). The number of nitrogens with zero attached hydrogens (tertiary/aromatic N) is 4. The maximum absolute atomic E-state index is 9.18. The Morgan fingerprint density at radius 2 is 1.15 bits per heavy atom. The first kappa shape index (κ1) is 38.1. The highest BCUT2D eigenvalue weighted by atomic mass is 16.7. The maximum atomic E-state index is 9.18. The van der Waals surface area contributed by atoms with Crippen molar-refractivity contribution in [1.82, 2.24) is 19.9 Å². The van der Waals surface area contributed by atoms with E-state index < -0.39 is 0 Å². The molecular formula is C38H56N4O5. The summed E-state index contributed by atoms with van der Waals surface area (Å²) in [6, 6.07) is 11.9. The second-order valence-electron chi connectivity index (χ2n) is 12.2. The van der Waals surface area contributed by atoms with Crippen LogP contribution in [-0.4, -0.2) is 65.4 Å². The van der Waals surface area contributed by atoms with E-state index in [0.717, 1.165) is 65.2 Å². The van der Waals surface area contributed by atoms with Crippen LogP contribution >= 0.6 is 0 Å². The van der Waals surface area contributed by atoms with Gasteiger partial charge in [-0.15, -0.1) is 0 Å². The molecule has 0 radical (unpaired) electrons. The van der Waals surface area contributed by atoms with Crippen LogP contribution in [0.2, 0.25) is 0 Å². The van der Waals surface area contributed by atoms with Gasteiger partial charge >= 0.3 is 0 Å². The number of methoxy groups -OCH3 is 1. The third kappa shape index (κ3) is 13.7. The molecule has 0 aliphatic heterocycles. The van der Waals surface area contributed by atoms with Crippen molar-refractivity contribution in [2.45, 2.75) is 104 Å². The van der Waals surface area contributed by atoms with E-state index in [1.807, 2.05) is 56.4 Å². The first-order valence-corrected chi connectivity index (χ1v) is 17.5. The molecule has 0 aliphatic carbocycles. The Bertz CT molecular complexity index is 1440. The maximum Gasteiger partial charge on any atom is 0.146 e. The van der Waals surface area contributed by atoms with Gasteiger partial charge in [0.25, 0.3) is 0 Å². The molecule has 2 heterocycles. The summed E-state index contributed by atoms with van der Waals surface area (Å²) in [5.41, 5.74) is 1.82. The van der Waals surface area contributed by atoms with E-state index in [0.29, 0.717) is 12.4 Å². The first-order chi connectivity index (χ1) is 23.0. The summed E-state index contributed by atoms with van der Waals surface area (Å²) < 4.78 is 21.9. The van der Waals surface area contributed by atoms with E-state index in [9.17, 15) is 5.11 Å². The van der Waals surface area contributed by atoms with Gasteiger partial charge in [0.15, 0.2) is 0 Å². The van der Waals surface area contributed by atoms with E-state index in [1.165, 1.54) is 51.4 Å². The van der Waals surface area contributed by atoms with Crippen molar-refractivity contribution in [1.29, 1.82) is 0 Å². The molecule has 0 saturated carbocycles. The number of rotatable bonds is 21. The summed E-state index contributed by atoms with van der Waals surface area (Å²) in [7, 11) is 1.61. The fourth-order valence-electron chi connectivity index (χ4n) is 4.96. The van der Waals surface area contributed by atoms with Crippen LogP contribution in [-0.2, 0) is 9.47 Å². The summed E-state index contributed by atoms with van der Waals surface area (Å²) in [4.78, 5) is 17.9. The molecular weight excluding hydrogens is 592 g/mol. The molecule has 2 aromatic carbocycles. The minimum atomic E-state index is -0.0385. The average Bonchev–Trinajstić information content (AvgIpc) is 3.10. The second kappa shape index (κ2) is 22.2. The lowest BCUT2D eigenvalue weighted by Crippen LogP contribution is -2.09. The third-order valence-corrected chi connectivity index (χ3v) is 7.90. The van der Waals surface area contributed by atoms with Gasteiger partial charge in [0.05, 0.1) is 37.5 Å². The molecule has 4 aromatic rings. The fraction of sp³-hybridized carbons (Fsp3) is 0.579. The standard InChI is InChI=1S/C20H30N2O3.C18H26N2O2/c1-4-5-6-7-8-11-25-18-9-10-19-17(12-18)13-21-20(22-19)16(2)14-24-15-23-3;1-3-4-5-6-7-10-22-16-8-9-17-15(11-16)12-19-18(20-17)14(2)13-21/h9-10,12-13,16H,4-8,11,14-15H2,1-3H3;8-9,11-12,14,21H,3-7,10,13H2,1-2H3/t16-;14-/m11/s1. The molecule has 0 spiro atoms. The van der Waals surface area contributed by atoms with Crippen LogP contribution in [0.4, 0.5) is 0 Å². The van der Waals surface area contributed by atoms with Crippen molar-refractivity contribution in [2.24, 2.45) is 0 Å². The van der Waals surface area contributed by atoms with Gasteiger partial charge in [-0.3, -0.25) is 0 Å². The summed E-state index contributed by atoms with van der Waals surface area (Å²) in [6.07, 6.45) is 16.1. The number of unbranched alkanes of at least 4 members (excludes halogenated alkanes) is 8. The van der Waals surface area contributed by atoms with Gasteiger partial charge in [-0.1, -0.05) is 79.1 Å². The van der Waals surface area contributed by atoms with Crippen molar-refractivity contribution >= 4 is 21.8 Å². The summed E-state index contributed by atoms with van der Waals surface area (Å²) >= 11 is 0. The Morgan fingerprint density at radius 1 is 0.660 bits per heavy atom. The van der Waals surface area contributed by atoms with Gasteiger partial charge in [0.1, 0.15) is 29.9 Å². The van der Waals surface area contributed by atoms with Gasteiger partial charge in [-0.25, -0.2) is 19.9 Å². The Balaban J connectivity index is 0.000000257. The molecule has 0 bridgehead atoms. The zero-order valence-electron chi connectivity index (χ0n) is 29.2. The van der Waals surface area contributed by atoms with Gasteiger partial charge in [-0.2, -0.15) is 0 Å². The first-order valence-electron chi connectivity index (χ1n) is 17.5. The lowest BCUT2D eigenvalue weighted by molar-refractivity contribution is -0.0348. The number of hydrogen-bond donors (Lipinski definition) is 1. The molecule has 0 fully saturated rings. The molecule has 0 unspecified atom stereocenters. The lowest BCUT2D eigenvalue weighted by atomic mass is 10.1. The predicted molar refractivity (Wildman–Crippen MR) is 189 cm³/mol. The van der Waals surface area contributed by atoms with Crippen molar-refractivity contribution in [3.8, 4) is 11.5 Å². The number of ether oxygens (including phenoxy) is 4. The van der Waals surface area contributed by atoms with E-state index in [4.69, 9.17) is 18.9 Å². The number of benzene rings is 2. The van der Waals surface area contributed by atoms with Crippen molar-refractivity contribution in [3.63, 3.8) is 0 Å². The van der Waals surface area contributed by atoms with Gasteiger partial charge < -0.3 is 24.1 Å². The number of fused-ring (bicyclic) bond motifs is 2. The van der Waals surface area contributed by atoms with Crippen LogP contribution in [0.25, 0.3) is 21.8 Å². The van der Waals surface area contributed by atoms with E-state index in [2.05, 4.69) is 33.8 Å². The average molecular weight is 649 g/mol. The molecule has 47 heavy (non-hydrogen) atoms. The van der Waals surface area contributed by atoms with Crippen LogP contribution in [0, 0.1) is 0 Å². The van der Waals surface area contributed by atoms with Crippen LogP contribution in [0.3, 0.4) is 0 Å². The SMILES string of the molecule is CCCCCCCOc1ccc2nc([C@H](C)CO)ncc2c1.CCCCCCCOc1ccc2nc([C@H](C)COCOC)ncc2c1. The molecule has 2 aromatic heterocycles. The van der Waals surface area contributed by atoms with E-state index in [1.54, 1.807) is 13.3 Å². The topological polar surface area (TPSA) is 109 Å². The smallest absolute Gasteiger partial charge is 0.146 e. The minimum Gasteiger partial charge on any atom is -0.494 e. The van der Waals surface area contributed by atoms with E-state index in [-0.39, 0.29) is 25.2 Å². The highest BCUT2D eigenvalue weighted by molar-refractivity contribution is 5.80. The summed E-state index contributed by atoms with van der Waals surface area (Å²) in [5.74, 6) is 3.31. The Labute approximate surface area is 281 Å². The molecule has 0 aliphatic rings. The Kier molecular flexibility index (Phi) is 18.0. The molecule has 1 N–H and O–H groups in total. The zero-order chi connectivity index (χ0) is 33.7. The molecule has 2 atom stereocenters. The van der Waals surface area contributed by atoms with Crippen molar-refractivity contribution in [2.75, 3.05) is 40.3 Å². The molecule has 9 nitrogen and oxygen atoms in total. The largest absolute Gasteiger partial charge is 0.494 e. The Hall–Kier alpha value is -3.40. The monoisotopic (exact) mass is 648 g/mol. The normalized spacial score (nSPS) is 12.5. The van der Waals surface area contributed by atoms with Crippen molar-refractivity contribution < 1.29 is 24.1 Å². The second-order valence-corrected chi connectivity index (χ2v) is 12.2. The van der Waals surface area contributed by atoms with Crippen LogP contribution in [0.5, 0.6) is 11.5 Å². The number of aliphatic hydroxyl groups excluding tert-OH is 1. The summed E-state index contributed by atoms with van der Waals surface area (Å²) in [5, 5.41) is 11.1. The van der Waals surface area contributed by atoms with Crippen LogP contribution < -0.4 is 9.47 Å². The van der Waals surface area contributed by atoms with Gasteiger partial charge in [0, 0.05) is 42.1 Å². The van der Waals surface area contributed by atoms with Gasteiger partial charge in [-0.05, 0) is 49.2 Å². The number of aromatic nitrogens is 4. The molecule has 9 heteroatoms. The van der Waals surface area contributed by atoms with Crippen LogP contribution in [0.15, 0.2) is 48.8 Å². The van der Waals surface area contributed by atoms with Crippen molar-refractivity contribution in [3.05, 3.63) is 60.4 Å². The quantitative estimate of drug-likeness (QED) is 0.0700. The number of aliphatic hydroxyl groups is 1. The minimum absolute atomic E-state index is 0.0385. The molecule has 0 amide bonds. The van der Waals surface area contributed by atoms with Crippen LogP contribution in [0.1, 0.15) is 115 Å². The predicted octanol–water partition coefficient (Wildman–Crippen LogP) is 8.78. The summed E-state index contributed by atoms with van der Waals surface area (Å²) in [6.45, 7) is 10.8. The third-order valence-electron chi connectivity index (χ3n) is 7.90. The fourth-order valence-corrected chi connectivity index (χ4v) is 4.96. The molecule has 258 valence electrons. The molecule has 0 saturated heterocycles. The number of hydrogen-bond acceptors (Lipinski definition) is 9.